The van der Waals surface area contributed by atoms with Crippen molar-refractivity contribution in [1.82, 2.24) is 0 Å². The topological polar surface area (TPSA) is 33.4 Å². The number of aliphatic hydroxyl groups is 1. The molecule has 3 aliphatic carbocycles. The fraction of sp³-hybridized carbons (Fsp3) is 0.800. The Morgan fingerprint density at radius 1 is 1.18 bits per heavy atom. The number of hydrogen-bond donors (Lipinski definition) is 1. The van der Waals surface area contributed by atoms with Gasteiger partial charge in [0.15, 0.2) is 0 Å². The summed E-state index contributed by atoms with van der Waals surface area (Å²) in [5.74, 6) is 3.00. The van der Waals surface area contributed by atoms with Gasteiger partial charge in [0, 0.05) is 11.8 Å². The van der Waals surface area contributed by atoms with Crippen LogP contribution in [-0.4, -0.2) is 10.7 Å². The Kier molecular flexibility index (Phi) is 2.97. The Morgan fingerprint density at radius 3 is 2.73 bits per heavy atom. The van der Waals surface area contributed by atoms with E-state index < -0.39 is 5.60 Å². The third-order valence-electron chi connectivity index (χ3n) is 8.05. The number of hydrogen-bond acceptors (Lipinski definition) is 2. The molecule has 0 aliphatic heterocycles. The summed E-state index contributed by atoms with van der Waals surface area (Å²) in [4.78, 5) is 0. The van der Waals surface area contributed by atoms with Crippen LogP contribution in [0.15, 0.2) is 16.7 Å². The highest BCUT2D eigenvalue weighted by Gasteiger charge is 2.65. The first-order chi connectivity index (χ1) is 10.3. The molecular weight excluding hydrogens is 272 g/mol. The van der Waals surface area contributed by atoms with E-state index in [0.29, 0.717) is 17.8 Å². The Morgan fingerprint density at radius 2 is 1.95 bits per heavy atom. The SMILES string of the molecule is C[C@H]1c2ccoc2C[C@H]2[C@H]1CC[C@@]1(O)C(C)(C)CCC[C@]21C. The molecule has 2 heteroatoms. The molecule has 0 saturated heterocycles. The minimum absolute atomic E-state index is 0.0242. The van der Waals surface area contributed by atoms with Crippen molar-refractivity contribution in [2.45, 2.75) is 77.7 Å². The third-order valence-corrected chi connectivity index (χ3v) is 8.05. The van der Waals surface area contributed by atoms with Crippen molar-refractivity contribution in [1.29, 1.82) is 0 Å². The molecule has 1 N–H and O–H groups in total. The summed E-state index contributed by atoms with van der Waals surface area (Å²) in [6.45, 7) is 9.32. The van der Waals surface area contributed by atoms with Gasteiger partial charge in [-0.3, -0.25) is 0 Å². The molecule has 0 aromatic carbocycles. The molecule has 122 valence electrons. The molecule has 0 spiro atoms. The zero-order chi connectivity index (χ0) is 15.8. The van der Waals surface area contributed by atoms with Gasteiger partial charge in [-0.05, 0) is 60.5 Å². The lowest BCUT2D eigenvalue weighted by molar-refractivity contribution is -0.240. The standard InChI is InChI=1S/C20H30O2/c1-13-14-6-10-20(21)18(2,3)8-5-9-19(20,4)16(14)12-17-15(13)7-11-22-17/h7,11,13-14,16,21H,5-6,8-10,12H2,1-4H3/t13-,14+,16+,19-,20-/m1/s1. The molecule has 0 amide bonds. The van der Waals surface area contributed by atoms with Gasteiger partial charge in [-0.15, -0.1) is 0 Å². The predicted octanol–water partition coefficient (Wildman–Crippen LogP) is 4.91. The van der Waals surface area contributed by atoms with E-state index in [1.807, 2.05) is 6.26 Å². The first kappa shape index (κ1) is 14.8. The lowest BCUT2D eigenvalue weighted by Crippen LogP contribution is -2.66. The van der Waals surface area contributed by atoms with Crippen LogP contribution in [0, 0.1) is 22.7 Å². The number of fused-ring (bicyclic) bond motifs is 4. The quantitative estimate of drug-likeness (QED) is 0.738. The van der Waals surface area contributed by atoms with Crippen LogP contribution in [0.2, 0.25) is 0 Å². The second kappa shape index (κ2) is 4.41. The van der Waals surface area contributed by atoms with Crippen molar-refractivity contribution in [2.24, 2.45) is 22.7 Å². The third kappa shape index (κ3) is 1.60. The molecule has 5 atom stereocenters. The maximum atomic E-state index is 11.8. The van der Waals surface area contributed by atoms with Gasteiger partial charge in [0.25, 0.3) is 0 Å². The molecular formula is C20H30O2. The zero-order valence-corrected chi connectivity index (χ0v) is 14.5. The zero-order valence-electron chi connectivity index (χ0n) is 14.5. The van der Waals surface area contributed by atoms with E-state index in [9.17, 15) is 5.11 Å². The minimum Gasteiger partial charge on any atom is -0.469 e. The average molecular weight is 302 g/mol. The number of rotatable bonds is 0. The first-order valence-electron chi connectivity index (χ1n) is 9.09. The van der Waals surface area contributed by atoms with Gasteiger partial charge in [-0.2, -0.15) is 0 Å². The van der Waals surface area contributed by atoms with Crippen molar-refractivity contribution < 1.29 is 9.52 Å². The summed E-state index contributed by atoms with van der Waals surface area (Å²) in [6.07, 6.45) is 8.56. The van der Waals surface area contributed by atoms with E-state index in [4.69, 9.17) is 4.42 Å². The Labute approximate surface area is 134 Å². The lowest BCUT2D eigenvalue weighted by atomic mass is 9.41. The molecule has 2 fully saturated rings. The van der Waals surface area contributed by atoms with Gasteiger partial charge >= 0.3 is 0 Å². The van der Waals surface area contributed by atoms with Crippen LogP contribution in [0.4, 0.5) is 0 Å². The second-order valence-corrected chi connectivity index (χ2v) is 9.12. The number of furan rings is 1. The van der Waals surface area contributed by atoms with E-state index in [1.165, 1.54) is 17.7 Å². The lowest BCUT2D eigenvalue weighted by Gasteiger charge is -2.65. The van der Waals surface area contributed by atoms with Crippen LogP contribution in [0.3, 0.4) is 0 Å². The Bertz CT molecular complexity index is 586. The molecule has 0 radical (unpaired) electrons. The van der Waals surface area contributed by atoms with Crippen molar-refractivity contribution in [2.75, 3.05) is 0 Å². The summed E-state index contributed by atoms with van der Waals surface area (Å²) in [7, 11) is 0. The van der Waals surface area contributed by atoms with Crippen LogP contribution in [-0.2, 0) is 6.42 Å². The maximum absolute atomic E-state index is 11.8. The van der Waals surface area contributed by atoms with Gasteiger partial charge < -0.3 is 9.52 Å². The molecule has 2 saturated carbocycles. The predicted molar refractivity (Wildman–Crippen MR) is 87.7 cm³/mol. The van der Waals surface area contributed by atoms with E-state index in [2.05, 4.69) is 33.8 Å². The molecule has 22 heavy (non-hydrogen) atoms. The highest BCUT2D eigenvalue weighted by atomic mass is 16.3. The smallest absolute Gasteiger partial charge is 0.107 e. The molecule has 2 nitrogen and oxygen atoms in total. The summed E-state index contributed by atoms with van der Waals surface area (Å²) in [5, 5.41) is 11.8. The fourth-order valence-corrected chi connectivity index (χ4v) is 6.58. The molecule has 1 aromatic rings. The average Bonchev–Trinajstić information content (AvgIpc) is 2.91. The normalized spacial score (nSPS) is 46.5. The Hall–Kier alpha value is -0.760. The van der Waals surface area contributed by atoms with Gasteiger partial charge in [-0.25, -0.2) is 0 Å². The van der Waals surface area contributed by atoms with E-state index >= 15 is 0 Å². The second-order valence-electron chi connectivity index (χ2n) is 9.12. The summed E-state index contributed by atoms with van der Waals surface area (Å²) >= 11 is 0. The highest BCUT2D eigenvalue weighted by Crippen LogP contribution is 2.66. The molecule has 3 aliphatic rings. The van der Waals surface area contributed by atoms with Crippen LogP contribution < -0.4 is 0 Å². The fourth-order valence-electron chi connectivity index (χ4n) is 6.58. The van der Waals surface area contributed by atoms with Crippen molar-refractivity contribution in [3.05, 3.63) is 23.7 Å². The van der Waals surface area contributed by atoms with Crippen LogP contribution in [0.5, 0.6) is 0 Å². The molecule has 0 bridgehead atoms. The van der Waals surface area contributed by atoms with E-state index in [0.717, 1.165) is 32.1 Å². The van der Waals surface area contributed by atoms with Crippen molar-refractivity contribution in [3.63, 3.8) is 0 Å². The first-order valence-corrected chi connectivity index (χ1v) is 9.09. The van der Waals surface area contributed by atoms with E-state index in [-0.39, 0.29) is 10.8 Å². The summed E-state index contributed by atoms with van der Waals surface area (Å²) in [5.41, 5.74) is 0.947. The summed E-state index contributed by atoms with van der Waals surface area (Å²) < 4.78 is 5.80. The van der Waals surface area contributed by atoms with E-state index in [1.54, 1.807) is 0 Å². The molecule has 1 heterocycles. The molecule has 0 unspecified atom stereocenters. The van der Waals surface area contributed by atoms with Crippen LogP contribution in [0.25, 0.3) is 0 Å². The monoisotopic (exact) mass is 302 g/mol. The van der Waals surface area contributed by atoms with Gasteiger partial charge in [0.2, 0.25) is 0 Å². The van der Waals surface area contributed by atoms with Gasteiger partial charge in [0.1, 0.15) is 5.76 Å². The van der Waals surface area contributed by atoms with Crippen LogP contribution in [0.1, 0.15) is 77.0 Å². The highest BCUT2D eigenvalue weighted by molar-refractivity contribution is 5.29. The van der Waals surface area contributed by atoms with Crippen molar-refractivity contribution in [3.8, 4) is 0 Å². The largest absolute Gasteiger partial charge is 0.469 e. The maximum Gasteiger partial charge on any atom is 0.107 e. The van der Waals surface area contributed by atoms with Crippen LogP contribution >= 0.6 is 0 Å². The summed E-state index contributed by atoms with van der Waals surface area (Å²) in [6, 6.07) is 2.17. The van der Waals surface area contributed by atoms with Gasteiger partial charge in [0.05, 0.1) is 11.9 Å². The minimum atomic E-state index is -0.525. The molecule has 4 rings (SSSR count). The molecule has 1 aromatic heterocycles. The Balaban J connectivity index is 1.80. The van der Waals surface area contributed by atoms with Gasteiger partial charge in [-0.1, -0.05) is 34.1 Å². The van der Waals surface area contributed by atoms with Crippen molar-refractivity contribution >= 4 is 0 Å².